The van der Waals surface area contributed by atoms with E-state index >= 15 is 0 Å². The number of carbonyl (C=O) groups excluding carboxylic acids is 2. The average Bonchev–Trinajstić information content (AvgIpc) is 2.07. The second-order valence-corrected chi connectivity index (χ2v) is 4.25. The number of rotatable bonds is 2. The Morgan fingerprint density at radius 3 is 2.40 bits per heavy atom. The first-order valence-corrected chi connectivity index (χ1v) is 5.31. The number of hydrogen-bond donors (Lipinski definition) is 0. The summed E-state index contributed by atoms with van der Waals surface area (Å²) in [6.45, 7) is 4.59. The lowest BCUT2D eigenvalue weighted by atomic mass is 9.83. The SMILES string of the molecule is CC(=O)OC1CCCCC1(C)OC(C)=O. The van der Waals surface area contributed by atoms with E-state index in [2.05, 4.69) is 0 Å². The highest BCUT2D eigenvalue weighted by molar-refractivity contribution is 5.67. The molecule has 0 aromatic heterocycles. The maximum atomic E-state index is 11.0. The molecule has 1 saturated carbocycles. The van der Waals surface area contributed by atoms with E-state index in [1.165, 1.54) is 13.8 Å². The van der Waals surface area contributed by atoms with Crippen molar-refractivity contribution in [2.45, 2.75) is 58.2 Å². The van der Waals surface area contributed by atoms with Gasteiger partial charge in [0, 0.05) is 13.8 Å². The van der Waals surface area contributed by atoms with E-state index in [0.29, 0.717) is 0 Å². The third kappa shape index (κ3) is 3.22. The van der Waals surface area contributed by atoms with E-state index in [1.807, 2.05) is 6.92 Å². The van der Waals surface area contributed by atoms with Crippen LogP contribution in [0.15, 0.2) is 0 Å². The van der Waals surface area contributed by atoms with Crippen molar-refractivity contribution in [1.82, 2.24) is 0 Å². The van der Waals surface area contributed by atoms with Gasteiger partial charge in [0.2, 0.25) is 0 Å². The Kier molecular flexibility index (Phi) is 3.72. The number of hydrogen-bond acceptors (Lipinski definition) is 4. The summed E-state index contributed by atoms with van der Waals surface area (Å²) >= 11 is 0. The summed E-state index contributed by atoms with van der Waals surface area (Å²) in [7, 11) is 0. The van der Waals surface area contributed by atoms with Crippen LogP contribution in [-0.2, 0) is 19.1 Å². The molecule has 0 N–H and O–H groups in total. The fourth-order valence-electron chi connectivity index (χ4n) is 2.10. The molecule has 4 heteroatoms. The summed E-state index contributed by atoms with van der Waals surface area (Å²) in [5, 5.41) is 0. The minimum Gasteiger partial charge on any atom is -0.458 e. The lowest BCUT2D eigenvalue weighted by Crippen LogP contribution is -2.47. The largest absolute Gasteiger partial charge is 0.458 e. The lowest BCUT2D eigenvalue weighted by Gasteiger charge is -2.39. The van der Waals surface area contributed by atoms with Crippen LogP contribution in [0.5, 0.6) is 0 Å². The third-order valence-electron chi connectivity index (χ3n) is 2.76. The number of ether oxygens (including phenoxy) is 2. The minimum absolute atomic E-state index is 0.298. The highest BCUT2D eigenvalue weighted by Crippen LogP contribution is 2.33. The Morgan fingerprint density at radius 1 is 1.20 bits per heavy atom. The summed E-state index contributed by atoms with van der Waals surface area (Å²) in [5.74, 6) is -0.642. The van der Waals surface area contributed by atoms with Crippen LogP contribution < -0.4 is 0 Å². The van der Waals surface area contributed by atoms with Gasteiger partial charge in [-0.2, -0.15) is 0 Å². The summed E-state index contributed by atoms with van der Waals surface area (Å²) in [4.78, 5) is 21.9. The fraction of sp³-hybridized carbons (Fsp3) is 0.818. The quantitative estimate of drug-likeness (QED) is 0.658. The van der Waals surface area contributed by atoms with Gasteiger partial charge in [0.1, 0.15) is 11.7 Å². The predicted octanol–water partition coefficient (Wildman–Crippen LogP) is 1.81. The molecule has 4 nitrogen and oxygen atoms in total. The van der Waals surface area contributed by atoms with Crippen molar-refractivity contribution >= 4 is 11.9 Å². The molecule has 0 aliphatic heterocycles. The maximum absolute atomic E-state index is 11.0. The molecule has 0 bridgehead atoms. The van der Waals surface area contributed by atoms with Crippen molar-refractivity contribution in [1.29, 1.82) is 0 Å². The second kappa shape index (κ2) is 4.64. The molecule has 0 heterocycles. The van der Waals surface area contributed by atoms with E-state index in [9.17, 15) is 9.59 Å². The maximum Gasteiger partial charge on any atom is 0.303 e. The summed E-state index contributed by atoms with van der Waals surface area (Å²) in [6, 6.07) is 0. The zero-order valence-corrected chi connectivity index (χ0v) is 9.54. The standard InChI is InChI=1S/C11H18O4/c1-8(12)14-10-6-4-5-7-11(10,3)15-9(2)13/h10H,4-7H2,1-3H3. The molecular formula is C11H18O4. The Balaban J connectivity index is 2.71. The summed E-state index contributed by atoms with van der Waals surface area (Å²) in [6.07, 6.45) is 3.23. The molecule has 0 aromatic rings. The van der Waals surface area contributed by atoms with Crippen LogP contribution in [0.4, 0.5) is 0 Å². The van der Waals surface area contributed by atoms with E-state index in [-0.39, 0.29) is 18.0 Å². The topological polar surface area (TPSA) is 52.6 Å². The van der Waals surface area contributed by atoms with Gasteiger partial charge in [0.25, 0.3) is 0 Å². The van der Waals surface area contributed by atoms with Crippen molar-refractivity contribution in [3.05, 3.63) is 0 Å². The van der Waals surface area contributed by atoms with E-state index < -0.39 is 5.60 Å². The second-order valence-electron chi connectivity index (χ2n) is 4.25. The summed E-state index contributed by atoms with van der Waals surface area (Å²) in [5.41, 5.74) is -0.643. The molecule has 1 rings (SSSR count). The van der Waals surface area contributed by atoms with Crippen LogP contribution in [0, 0.1) is 0 Å². The zero-order valence-electron chi connectivity index (χ0n) is 9.54. The fourth-order valence-corrected chi connectivity index (χ4v) is 2.10. The molecule has 0 radical (unpaired) electrons. The van der Waals surface area contributed by atoms with Crippen LogP contribution in [-0.4, -0.2) is 23.6 Å². The highest BCUT2D eigenvalue weighted by Gasteiger charge is 2.41. The van der Waals surface area contributed by atoms with Gasteiger partial charge in [0.05, 0.1) is 0 Å². The Bertz CT molecular complexity index is 261. The molecule has 2 atom stereocenters. The molecule has 2 unspecified atom stereocenters. The lowest BCUT2D eigenvalue weighted by molar-refractivity contribution is -0.187. The number of carbonyl (C=O) groups is 2. The zero-order chi connectivity index (χ0) is 11.5. The molecule has 0 spiro atoms. The van der Waals surface area contributed by atoms with Gasteiger partial charge in [-0.05, 0) is 32.6 Å². The minimum atomic E-state index is -0.643. The molecule has 1 fully saturated rings. The average molecular weight is 214 g/mol. The van der Waals surface area contributed by atoms with Crippen LogP contribution in [0.25, 0.3) is 0 Å². The van der Waals surface area contributed by atoms with Crippen LogP contribution in [0.3, 0.4) is 0 Å². The van der Waals surface area contributed by atoms with E-state index in [4.69, 9.17) is 9.47 Å². The molecule has 86 valence electrons. The smallest absolute Gasteiger partial charge is 0.303 e. The molecule has 1 aliphatic rings. The Labute approximate surface area is 89.9 Å². The summed E-state index contributed by atoms with van der Waals surface area (Å²) < 4.78 is 10.5. The normalized spacial score (nSPS) is 30.7. The Morgan fingerprint density at radius 2 is 1.87 bits per heavy atom. The van der Waals surface area contributed by atoms with Crippen molar-refractivity contribution in [3.63, 3.8) is 0 Å². The first-order chi connectivity index (χ1) is 6.94. The monoisotopic (exact) mass is 214 g/mol. The van der Waals surface area contributed by atoms with Gasteiger partial charge in [0.15, 0.2) is 0 Å². The van der Waals surface area contributed by atoms with Gasteiger partial charge >= 0.3 is 11.9 Å². The molecule has 0 aromatic carbocycles. The molecular weight excluding hydrogens is 196 g/mol. The first-order valence-electron chi connectivity index (χ1n) is 5.31. The predicted molar refractivity (Wildman–Crippen MR) is 54.2 cm³/mol. The van der Waals surface area contributed by atoms with Crippen molar-refractivity contribution < 1.29 is 19.1 Å². The van der Waals surface area contributed by atoms with Crippen LogP contribution >= 0.6 is 0 Å². The van der Waals surface area contributed by atoms with E-state index in [1.54, 1.807) is 0 Å². The Hall–Kier alpha value is -1.06. The molecule has 0 amide bonds. The molecule has 1 aliphatic carbocycles. The number of esters is 2. The molecule has 15 heavy (non-hydrogen) atoms. The van der Waals surface area contributed by atoms with Crippen molar-refractivity contribution in [2.75, 3.05) is 0 Å². The van der Waals surface area contributed by atoms with Crippen LogP contribution in [0.1, 0.15) is 46.5 Å². The van der Waals surface area contributed by atoms with Gasteiger partial charge in [-0.1, -0.05) is 0 Å². The third-order valence-corrected chi connectivity index (χ3v) is 2.76. The van der Waals surface area contributed by atoms with Crippen molar-refractivity contribution in [3.8, 4) is 0 Å². The first kappa shape index (κ1) is 12.0. The van der Waals surface area contributed by atoms with Gasteiger partial charge in [-0.25, -0.2) is 0 Å². The molecule has 0 saturated heterocycles. The van der Waals surface area contributed by atoms with E-state index in [0.717, 1.165) is 25.7 Å². The van der Waals surface area contributed by atoms with Gasteiger partial charge in [-0.3, -0.25) is 9.59 Å². The van der Waals surface area contributed by atoms with Crippen LogP contribution in [0.2, 0.25) is 0 Å². The van der Waals surface area contributed by atoms with Gasteiger partial charge in [-0.15, -0.1) is 0 Å². The van der Waals surface area contributed by atoms with Gasteiger partial charge < -0.3 is 9.47 Å². The van der Waals surface area contributed by atoms with Crippen molar-refractivity contribution in [2.24, 2.45) is 0 Å². The highest BCUT2D eigenvalue weighted by atomic mass is 16.6.